The van der Waals surface area contributed by atoms with E-state index in [2.05, 4.69) is 10.6 Å². The highest BCUT2D eigenvalue weighted by molar-refractivity contribution is 7.98. The molecule has 0 radical (unpaired) electrons. The number of carbonyl (C=O) groups is 2. The van der Waals surface area contributed by atoms with Crippen LogP contribution in [-0.2, 0) is 4.79 Å². The predicted octanol–water partition coefficient (Wildman–Crippen LogP) is 1.33. The van der Waals surface area contributed by atoms with Crippen molar-refractivity contribution in [3.8, 4) is 0 Å². The Morgan fingerprint density at radius 3 is 2.86 bits per heavy atom. The summed E-state index contributed by atoms with van der Waals surface area (Å²) in [6.07, 6.45) is 2.71. The third kappa shape index (κ3) is 3.72. The minimum atomic E-state index is -0.568. The van der Waals surface area contributed by atoms with Gasteiger partial charge in [-0.1, -0.05) is 0 Å². The average molecular weight is 309 g/mol. The fourth-order valence-electron chi connectivity index (χ4n) is 2.10. The van der Waals surface area contributed by atoms with Crippen LogP contribution in [0.2, 0.25) is 0 Å². The lowest BCUT2D eigenvalue weighted by atomic mass is 10.1. The van der Waals surface area contributed by atoms with Gasteiger partial charge in [0, 0.05) is 30.0 Å². The molecule has 1 unspecified atom stereocenters. The van der Waals surface area contributed by atoms with Crippen LogP contribution in [0.15, 0.2) is 23.1 Å². The van der Waals surface area contributed by atoms with E-state index in [0.29, 0.717) is 19.4 Å². The SMILES string of the molecule is CSc1ccc([N+](=O)[O-])c(C(=O)NC2CCC(=O)NC2)c1. The number of nitro groups is 1. The predicted molar refractivity (Wildman–Crippen MR) is 78.4 cm³/mol. The molecule has 2 N–H and O–H groups in total. The molecular formula is C13H15N3O4S. The van der Waals surface area contributed by atoms with Gasteiger partial charge in [0.25, 0.3) is 11.6 Å². The number of rotatable bonds is 4. The molecule has 1 aromatic carbocycles. The van der Waals surface area contributed by atoms with E-state index in [-0.39, 0.29) is 23.2 Å². The number of thioether (sulfide) groups is 1. The van der Waals surface area contributed by atoms with Crippen LogP contribution in [0.4, 0.5) is 5.69 Å². The van der Waals surface area contributed by atoms with Crippen LogP contribution < -0.4 is 10.6 Å². The summed E-state index contributed by atoms with van der Waals surface area (Å²) >= 11 is 1.41. The molecule has 1 saturated heterocycles. The molecule has 1 aliphatic rings. The van der Waals surface area contributed by atoms with E-state index < -0.39 is 10.8 Å². The van der Waals surface area contributed by atoms with Crippen molar-refractivity contribution in [3.63, 3.8) is 0 Å². The molecule has 0 spiro atoms. The van der Waals surface area contributed by atoms with Crippen LogP contribution in [0, 0.1) is 10.1 Å². The van der Waals surface area contributed by atoms with Crippen LogP contribution >= 0.6 is 11.8 Å². The van der Waals surface area contributed by atoms with Crippen LogP contribution in [0.3, 0.4) is 0 Å². The van der Waals surface area contributed by atoms with E-state index in [1.165, 1.54) is 23.9 Å². The maximum Gasteiger partial charge on any atom is 0.282 e. The number of carbonyl (C=O) groups excluding carboxylic acids is 2. The van der Waals surface area contributed by atoms with Crippen molar-refractivity contribution < 1.29 is 14.5 Å². The molecule has 0 saturated carbocycles. The third-order valence-electron chi connectivity index (χ3n) is 3.25. The van der Waals surface area contributed by atoms with Crippen molar-refractivity contribution in [1.82, 2.24) is 10.6 Å². The summed E-state index contributed by atoms with van der Waals surface area (Å²) < 4.78 is 0. The van der Waals surface area contributed by atoms with E-state index in [0.717, 1.165) is 4.90 Å². The second-order valence-corrected chi connectivity index (χ2v) is 5.53. The molecule has 1 aliphatic heterocycles. The van der Waals surface area contributed by atoms with Gasteiger partial charge in [-0.3, -0.25) is 19.7 Å². The summed E-state index contributed by atoms with van der Waals surface area (Å²) in [5.74, 6) is -0.533. The normalized spacial score (nSPS) is 18.0. The van der Waals surface area contributed by atoms with Gasteiger partial charge in [-0.05, 0) is 24.8 Å². The van der Waals surface area contributed by atoms with Crippen molar-refractivity contribution in [2.24, 2.45) is 0 Å². The molecule has 21 heavy (non-hydrogen) atoms. The van der Waals surface area contributed by atoms with Gasteiger partial charge in [-0.15, -0.1) is 11.8 Å². The van der Waals surface area contributed by atoms with Crippen molar-refractivity contribution in [1.29, 1.82) is 0 Å². The number of nitrogens with one attached hydrogen (secondary N) is 2. The Morgan fingerprint density at radius 1 is 1.52 bits per heavy atom. The van der Waals surface area contributed by atoms with E-state index in [4.69, 9.17) is 0 Å². The van der Waals surface area contributed by atoms with Crippen molar-refractivity contribution >= 4 is 29.3 Å². The molecule has 7 nitrogen and oxygen atoms in total. The minimum absolute atomic E-state index is 0.0451. The molecule has 1 atom stereocenters. The third-order valence-corrected chi connectivity index (χ3v) is 3.97. The smallest absolute Gasteiger partial charge is 0.282 e. The highest BCUT2D eigenvalue weighted by Crippen LogP contribution is 2.25. The van der Waals surface area contributed by atoms with Gasteiger partial charge in [-0.25, -0.2) is 0 Å². The maximum atomic E-state index is 12.3. The highest BCUT2D eigenvalue weighted by atomic mass is 32.2. The fourth-order valence-corrected chi connectivity index (χ4v) is 2.54. The lowest BCUT2D eigenvalue weighted by Crippen LogP contribution is -2.47. The van der Waals surface area contributed by atoms with Gasteiger partial charge in [0.2, 0.25) is 5.91 Å². The number of nitrogens with zero attached hydrogens (tertiary/aromatic N) is 1. The van der Waals surface area contributed by atoms with Crippen molar-refractivity contribution in [3.05, 3.63) is 33.9 Å². The first kappa shape index (κ1) is 15.3. The summed E-state index contributed by atoms with van der Waals surface area (Å²) in [5, 5.41) is 16.4. The molecule has 0 aliphatic carbocycles. The van der Waals surface area contributed by atoms with Crippen LogP contribution in [0.1, 0.15) is 23.2 Å². The number of amides is 2. The van der Waals surface area contributed by atoms with E-state index >= 15 is 0 Å². The Balaban J connectivity index is 2.17. The Hall–Kier alpha value is -2.09. The van der Waals surface area contributed by atoms with E-state index in [1.807, 2.05) is 6.26 Å². The van der Waals surface area contributed by atoms with Gasteiger partial charge >= 0.3 is 0 Å². The second-order valence-electron chi connectivity index (χ2n) is 4.65. The Morgan fingerprint density at radius 2 is 2.29 bits per heavy atom. The molecule has 112 valence electrons. The molecular weight excluding hydrogens is 294 g/mol. The molecule has 1 fully saturated rings. The van der Waals surface area contributed by atoms with Crippen molar-refractivity contribution in [2.45, 2.75) is 23.8 Å². The standard InChI is InChI=1S/C13H15N3O4S/c1-21-9-3-4-11(16(19)20)10(6-9)13(18)15-8-2-5-12(17)14-7-8/h3-4,6,8H,2,5,7H2,1H3,(H,14,17)(H,15,18). The van der Waals surface area contributed by atoms with E-state index in [1.54, 1.807) is 6.07 Å². The molecule has 0 aromatic heterocycles. The first-order chi connectivity index (χ1) is 10.0. The quantitative estimate of drug-likeness (QED) is 0.496. The largest absolute Gasteiger partial charge is 0.354 e. The van der Waals surface area contributed by atoms with Gasteiger partial charge in [-0.2, -0.15) is 0 Å². The lowest BCUT2D eigenvalue weighted by Gasteiger charge is -2.23. The van der Waals surface area contributed by atoms with Crippen LogP contribution in [0.5, 0.6) is 0 Å². The molecule has 8 heteroatoms. The van der Waals surface area contributed by atoms with Crippen LogP contribution in [0.25, 0.3) is 0 Å². The summed E-state index contributed by atoms with van der Waals surface area (Å²) in [4.78, 5) is 34.6. The fraction of sp³-hybridized carbons (Fsp3) is 0.385. The topological polar surface area (TPSA) is 101 Å². The summed E-state index contributed by atoms with van der Waals surface area (Å²) in [7, 11) is 0. The Labute approximate surface area is 125 Å². The van der Waals surface area contributed by atoms with Gasteiger partial charge in [0.1, 0.15) is 5.56 Å². The first-order valence-corrected chi connectivity index (χ1v) is 7.63. The number of hydrogen-bond acceptors (Lipinski definition) is 5. The molecule has 1 aromatic rings. The lowest BCUT2D eigenvalue weighted by molar-refractivity contribution is -0.385. The van der Waals surface area contributed by atoms with E-state index in [9.17, 15) is 19.7 Å². The number of benzene rings is 1. The average Bonchev–Trinajstić information content (AvgIpc) is 2.48. The zero-order chi connectivity index (χ0) is 15.4. The second kappa shape index (κ2) is 6.57. The highest BCUT2D eigenvalue weighted by Gasteiger charge is 2.25. The number of nitro benzene ring substituents is 1. The zero-order valence-electron chi connectivity index (χ0n) is 11.4. The summed E-state index contributed by atoms with van der Waals surface area (Å²) in [5.41, 5.74) is -0.172. The molecule has 0 bridgehead atoms. The summed E-state index contributed by atoms with van der Waals surface area (Å²) in [6.45, 7) is 0.348. The number of hydrogen-bond donors (Lipinski definition) is 2. The Kier molecular flexibility index (Phi) is 4.79. The first-order valence-electron chi connectivity index (χ1n) is 6.41. The molecule has 2 amide bonds. The van der Waals surface area contributed by atoms with Crippen LogP contribution in [-0.4, -0.2) is 35.6 Å². The van der Waals surface area contributed by atoms with Gasteiger partial charge in [0.15, 0.2) is 0 Å². The zero-order valence-corrected chi connectivity index (χ0v) is 12.2. The molecule has 1 heterocycles. The molecule has 2 rings (SSSR count). The van der Waals surface area contributed by atoms with Gasteiger partial charge in [0.05, 0.1) is 4.92 Å². The van der Waals surface area contributed by atoms with Crippen molar-refractivity contribution in [2.75, 3.05) is 12.8 Å². The monoisotopic (exact) mass is 309 g/mol. The maximum absolute atomic E-state index is 12.3. The Bertz CT molecular complexity index is 581. The summed E-state index contributed by atoms with van der Waals surface area (Å²) in [6, 6.07) is 4.26. The van der Waals surface area contributed by atoms with Gasteiger partial charge < -0.3 is 10.6 Å². The minimum Gasteiger partial charge on any atom is -0.354 e. The number of piperidine rings is 1.